The summed E-state index contributed by atoms with van der Waals surface area (Å²) in [7, 11) is 0. The fraction of sp³-hybridized carbons (Fsp3) is 0.320. The van der Waals surface area contributed by atoms with Gasteiger partial charge in [0.1, 0.15) is 34.6 Å². The molecule has 4 N–H and O–H groups in total. The number of alkyl halides is 2. The predicted octanol–water partition coefficient (Wildman–Crippen LogP) is 11.3. The Balaban J connectivity index is 0.000000191. The molecule has 0 amide bonds. The number of carbonyl (C=O) groups is 2. The molecule has 4 heterocycles. The van der Waals surface area contributed by atoms with Gasteiger partial charge in [0.05, 0.1) is 12.1 Å². The number of aromatic nitrogens is 2. The van der Waals surface area contributed by atoms with Crippen LogP contribution in [0.15, 0.2) is 84.9 Å². The molecule has 8 rings (SSSR count). The molecule has 0 unspecified atom stereocenters. The molecule has 0 aliphatic carbocycles. The highest BCUT2D eigenvalue weighted by Crippen LogP contribution is 2.45. The first-order valence-corrected chi connectivity index (χ1v) is 21.0. The first-order chi connectivity index (χ1) is 30.1. The van der Waals surface area contributed by atoms with Crippen molar-refractivity contribution in [1.29, 1.82) is 0 Å². The zero-order valence-corrected chi connectivity index (χ0v) is 36.2. The van der Waals surface area contributed by atoms with Crippen molar-refractivity contribution in [2.45, 2.75) is 89.9 Å². The minimum atomic E-state index is -1.58. The van der Waals surface area contributed by atoms with Crippen LogP contribution in [0.4, 0.5) is 26.3 Å². The highest BCUT2D eigenvalue weighted by Gasteiger charge is 2.42. The highest BCUT2D eigenvalue weighted by molar-refractivity contribution is 5.87. The van der Waals surface area contributed by atoms with E-state index < -0.39 is 58.6 Å². The van der Waals surface area contributed by atoms with E-state index in [1.807, 2.05) is 62.4 Å². The summed E-state index contributed by atoms with van der Waals surface area (Å²) in [5, 5.41) is 19.6. The van der Waals surface area contributed by atoms with Gasteiger partial charge in [-0.15, -0.1) is 0 Å². The van der Waals surface area contributed by atoms with Gasteiger partial charge in [-0.2, -0.15) is 0 Å². The molecule has 0 saturated heterocycles. The Morgan fingerprint density at radius 3 is 1.27 bits per heavy atom. The van der Waals surface area contributed by atoms with E-state index in [0.29, 0.717) is 24.2 Å². The van der Waals surface area contributed by atoms with Crippen molar-refractivity contribution in [3.63, 3.8) is 0 Å². The molecule has 0 fully saturated rings. The number of carboxylic acid groups (broad SMARTS) is 2. The Hall–Kier alpha value is -6.12. The van der Waals surface area contributed by atoms with Crippen LogP contribution in [0, 0.1) is 23.3 Å². The molecule has 2 aliphatic rings. The molecule has 6 aromatic rings. The van der Waals surface area contributed by atoms with Gasteiger partial charge < -0.3 is 20.2 Å². The Labute approximate surface area is 366 Å². The quantitative estimate of drug-likeness (QED) is 0.0805. The van der Waals surface area contributed by atoms with Gasteiger partial charge in [0, 0.05) is 81.6 Å². The molecule has 2 aliphatic heterocycles. The van der Waals surface area contributed by atoms with Crippen LogP contribution in [-0.4, -0.2) is 78.4 Å². The molecule has 14 heteroatoms. The Morgan fingerprint density at radius 1 is 0.625 bits per heavy atom. The second kappa shape index (κ2) is 17.8. The SMILES string of the molecule is C[C@@H]1Cc2c([nH]c3ccccc23)[C@@H](c2c(F)cc(/C=C/C(=O)O)cc2F)N1CC(C)(C)F.C[C@@H]1Cc2c([nH]c3ccccc23)[C@@H](c2c(F)cc(/C=C/C(=O)O)cc2F)N1CC(C)(C)F. The van der Waals surface area contributed by atoms with Gasteiger partial charge in [-0.1, -0.05) is 36.4 Å². The number of rotatable bonds is 10. The third-order valence-electron chi connectivity index (χ3n) is 11.7. The van der Waals surface area contributed by atoms with E-state index in [1.54, 1.807) is 9.80 Å². The first-order valence-electron chi connectivity index (χ1n) is 21.0. The molecule has 8 nitrogen and oxygen atoms in total. The number of para-hydroxylation sites is 2. The van der Waals surface area contributed by atoms with Crippen molar-refractivity contribution in [3.05, 3.63) is 153 Å². The van der Waals surface area contributed by atoms with Crippen LogP contribution in [0.1, 0.15) is 98.4 Å². The largest absolute Gasteiger partial charge is 0.478 e. The third-order valence-corrected chi connectivity index (χ3v) is 11.7. The lowest BCUT2D eigenvalue weighted by atomic mass is 9.87. The number of H-pyrrole nitrogens is 2. The molecule has 4 atom stereocenters. The molecule has 0 spiro atoms. The van der Waals surface area contributed by atoms with Crippen LogP contribution < -0.4 is 0 Å². The Bertz CT molecular complexity index is 2560. The summed E-state index contributed by atoms with van der Waals surface area (Å²) in [5.41, 5.74) is 1.66. The molecule has 0 saturated carbocycles. The van der Waals surface area contributed by atoms with Crippen LogP contribution >= 0.6 is 0 Å². The molecule has 0 radical (unpaired) electrons. The van der Waals surface area contributed by atoms with Crippen molar-refractivity contribution in [3.8, 4) is 0 Å². The monoisotopic (exact) mass is 884 g/mol. The normalized spacial score (nSPS) is 19.6. The van der Waals surface area contributed by atoms with Crippen LogP contribution in [0.25, 0.3) is 34.0 Å². The maximum Gasteiger partial charge on any atom is 0.328 e. The smallest absolute Gasteiger partial charge is 0.328 e. The van der Waals surface area contributed by atoms with Crippen LogP contribution in [0.2, 0.25) is 0 Å². The zero-order valence-electron chi connectivity index (χ0n) is 36.2. The maximum atomic E-state index is 15.3. The van der Waals surface area contributed by atoms with Crippen molar-refractivity contribution in [1.82, 2.24) is 19.8 Å². The van der Waals surface area contributed by atoms with Gasteiger partial charge in [0.2, 0.25) is 0 Å². The second-order valence-electron chi connectivity index (χ2n) is 18.0. The highest BCUT2D eigenvalue weighted by atomic mass is 19.2. The molecular weight excluding hydrogens is 835 g/mol. The van der Waals surface area contributed by atoms with E-state index in [4.69, 9.17) is 10.2 Å². The van der Waals surface area contributed by atoms with E-state index in [-0.39, 0.29) is 47.4 Å². The number of carboxylic acids is 2. The predicted molar refractivity (Wildman–Crippen MR) is 236 cm³/mol. The lowest BCUT2D eigenvalue weighted by Crippen LogP contribution is -2.48. The zero-order chi connectivity index (χ0) is 46.4. The topological polar surface area (TPSA) is 113 Å². The molecule has 64 heavy (non-hydrogen) atoms. The lowest BCUT2D eigenvalue weighted by Gasteiger charge is -2.43. The maximum absolute atomic E-state index is 15.3. The summed E-state index contributed by atoms with van der Waals surface area (Å²) in [5.74, 6) is -5.65. The first kappa shape index (κ1) is 45.9. The standard InChI is InChI=1S/2C25H25F3N2O2/c2*1-14-10-17-16-6-4-5-7-20(16)29-23(17)24(30(14)13-25(2,3)28)22-18(26)11-15(12-19(22)27)8-9-21(31)32/h2*4-9,11-12,14,24,29H,10,13H2,1-3H3,(H,31,32)/b2*9-8+/t2*14-,24-/m11/s1. The lowest BCUT2D eigenvalue weighted by molar-refractivity contribution is -0.132. The number of aromatic amines is 2. The Morgan fingerprint density at radius 2 is 0.953 bits per heavy atom. The fourth-order valence-electron chi connectivity index (χ4n) is 9.25. The van der Waals surface area contributed by atoms with E-state index >= 15 is 17.6 Å². The summed E-state index contributed by atoms with van der Waals surface area (Å²) in [6, 6.07) is 17.8. The second-order valence-corrected chi connectivity index (χ2v) is 18.0. The van der Waals surface area contributed by atoms with E-state index in [0.717, 1.165) is 81.5 Å². The summed E-state index contributed by atoms with van der Waals surface area (Å²) in [6.45, 7) is 9.65. The molecule has 2 aromatic heterocycles. The average Bonchev–Trinajstić information content (AvgIpc) is 3.75. The minimum absolute atomic E-state index is 0.00676. The van der Waals surface area contributed by atoms with Crippen molar-refractivity contribution >= 4 is 45.9 Å². The summed E-state index contributed by atoms with van der Waals surface area (Å²) in [6.07, 6.45) is 5.16. The van der Waals surface area contributed by atoms with E-state index in [2.05, 4.69) is 9.97 Å². The number of benzene rings is 4. The Kier molecular flexibility index (Phi) is 12.8. The number of nitrogens with one attached hydrogen (secondary N) is 2. The van der Waals surface area contributed by atoms with Crippen molar-refractivity contribution in [2.24, 2.45) is 0 Å². The number of fused-ring (bicyclic) bond motifs is 6. The summed E-state index contributed by atoms with van der Waals surface area (Å²) < 4.78 is 90.9. The van der Waals surface area contributed by atoms with E-state index in [9.17, 15) is 18.4 Å². The van der Waals surface area contributed by atoms with Crippen LogP contribution in [0.3, 0.4) is 0 Å². The third kappa shape index (κ3) is 9.68. The molecule has 0 bridgehead atoms. The van der Waals surface area contributed by atoms with Crippen molar-refractivity contribution in [2.75, 3.05) is 13.1 Å². The van der Waals surface area contributed by atoms with E-state index in [1.165, 1.54) is 27.7 Å². The van der Waals surface area contributed by atoms with Gasteiger partial charge >= 0.3 is 11.9 Å². The minimum Gasteiger partial charge on any atom is -0.478 e. The van der Waals surface area contributed by atoms with Gasteiger partial charge in [0.15, 0.2) is 0 Å². The van der Waals surface area contributed by atoms with Crippen LogP contribution in [-0.2, 0) is 22.4 Å². The fourth-order valence-corrected chi connectivity index (χ4v) is 9.25. The number of aliphatic carboxylic acids is 2. The van der Waals surface area contributed by atoms with Gasteiger partial charge in [-0.05, 0) is 125 Å². The van der Waals surface area contributed by atoms with Crippen molar-refractivity contribution < 1.29 is 46.1 Å². The van der Waals surface area contributed by atoms with Gasteiger partial charge in [-0.3, -0.25) is 9.80 Å². The number of nitrogens with zero attached hydrogens (tertiary/aromatic N) is 2. The number of hydrogen-bond acceptors (Lipinski definition) is 4. The molecular formula is C50H50F6N4O4. The average molecular weight is 885 g/mol. The van der Waals surface area contributed by atoms with Gasteiger partial charge in [-0.25, -0.2) is 35.9 Å². The molecule has 336 valence electrons. The molecule has 4 aromatic carbocycles. The van der Waals surface area contributed by atoms with Crippen LogP contribution in [0.5, 0.6) is 0 Å². The van der Waals surface area contributed by atoms with Gasteiger partial charge in [0.25, 0.3) is 0 Å². The number of hydrogen-bond donors (Lipinski definition) is 4. The summed E-state index contributed by atoms with van der Waals surface area (Å²) >= 11 is 0. The number of halogens is 6. The summed E-state index contributed by atoms with van der Waals surface area (Å²) in [4.78, 5) is 31.8.